The first-order valence-corrected chi connectivity index (χ1v) is 7.85. The van der Waals surface area contributed by atoms with E-state index < -0.39 is 17.7 Å². The molecule has 21 heavy (non-hydrogen) atoms. The van der Waals surface area contributed by atoms with Gasteiger partial charge in [0, 0.05) is 16.4 Å². The van der Waals surface area contributed by atoms with Crippen LogP contribution in [-0.4, -0.2) is 11.5 Å². The summed E-state index contributed by atoms with van der Waals surface area (Å²) in [6.07, 6.45) is 0. The quantitative estimate of drug-likeness (QED) is 0.904. The molecule has 0 bridgehead atoms. The Labute approximate surface area is 128 Å². The van der Waals surface area contributed by atoms with Gasteiger partial charge < -0.3 is 5.32 Å². The van der Waals surface area contributed by atoms with Crippen LogP contribution in [0.3, 0.4) is 0 Å². The first kappa shape index (κ1) is 16.0. The molecular formula is C16H20F2N2S. The molecule has 1 heterocycles. The molecule has 0 fully saturated rings. The van der Waals surface area contributed by atoms with Gasteiger partial charge in [-0.2, -0.15) is 0 Å². The third-order valence-corrected chi connectivity index (χ3v) is 4.12. The van der Waals surface area contributed by atoms with Gasteiger partial charge in [0.25, 0.3) is 0 Å². The standard InChI is InChI=1S/C16H20F2N2S/c1-5-19-14(11-8-10(17)6-7-12(11)18)15-20-13(9-21-15)16(2,3)4/h6-9,14,19H,5H2,1-4H3. The summed E-state index contributed by atoms with van der Waals surface area (Å²) in [4.78, 5) is 4.61. The molecule has 0 radical (unpaired) electrons. The second-order valence-electron chi connectivity index (χ2n) is 5.98. The van der Waals surface area contributed by atoms with Crippen molar-refractivity contribution in [3.63, 3.8) is 0 Å². The molecule has 114 valence electrons. The van der Waals surface area contributed by atoms with E-state index in [0.717, 1.165) is 22.8 Å². The lowest BCUT2D eigenvalue weighted by atomic mass is 9.93. The van der Waals surface area contributed by atoms with Crippen LogP contribution in [0.4, 0.5) is 8.78 Å². The van der Waals surface area contributed by atoms with Gasteiger partial charge in [0.2, 0.25) is 0 Å². The van der Waals surface area contributed by atoms with Crippen molar-refractivity contribution in [1.82, 2.24) is 10.3 Å². The molecule has 1 N–H and O–H groups in total. The van der Waals surface area contributed by atoms with Crippen LogP contribution < -0.4 is 5.32 Å². The Bertz CT molecular complexity index is 617. The summed E-state index contributed by atoms with van der Waals surface area (Å²) < 4.78 is 27.5. The second-order valence-corrected chi connectivity index (χ2v) is 6.87. The third kappa shape index (κ3) is 3.66. The van der Waals surface area contributed by atoms with Crippen LogP contribution in [0.15, 0.2) is 23.6 Å². The molecule has 0 saturated heterocycles. The van der Waals surface area contributed by atoms with Gasteiger partial charge in [-0.1, -0.05) is 27.7 Å². The highest BCUT2D eigenvalue weighted by Gasteiger charge is 2.24. The summed E-state index contributed by atoms with van der Waals surface area (Å²) in [7, 11) is 0. The van der Waals surface area contributed by atoms with Crippen molar-refractivity contribution >= 4 is 11.3 Å². The molecule has 2 nitrogen and oxygen atoms in total. The van der Waals surface area contributed by atoms with E-state index in [-0.39, 0.29) is 5.41 Å². The SMILES string of the molecule is CCNC(c1nc(C(C)(C)C)cs1)c1cc(F)ccc1F. The zero-order valence-corrected chi connectivity index (χ0v) is 13.5. The van der Waals surface area contributed by atoms with E-state index in [1.54, 1.807) is 0 Å². The Hall–Kier alpha value is -1.33. The molecule has 1 aromatic carbocycles. The number of benzene rings is 1. The molecule has 0 aliphatic heterocycles. The number of hydrogen-bond acceptors (Lipinski definition) is 3. The fraction of sp³-hybridized carbons (Fsp3) is 0.438. The van der Waals surface area contributed by atoms with Gasteiger partial charge in [-0.3, -0.25) is 0 Å². The van der Waals surface area contributed by atoms with E-state index in [0.29, 0.717) is 12.1 Å². The van der Waals surface area contributed by atoms with Crippen molar-refractivity contribution in [3.8, 4) is 0 Å². The van der Waals surface area contributed by atoms with Crippen LogP contribution in [0.2, 0.25) is 0 Å². The number of hydrogen-bond donors (Lipinski definition) is 1. The maximum Gasteiger partial charge on any atom is 0.128 e. The maximum atomic E-state index is 14.0. The van der Waals surface area contributed by atoms with Crippen molar-refractivity contribution in [2.45, 2.75) is 39.2 Å². The number of nitrogens with zero attached hydrogens (tertiary/aromatic N) is 1. The van der Waals surface area contributed by atoms with E-state index in [1.165, 1.54) is 17.4 Å². The predicted molar refractivity (Wildman–Crippen MR) is 82.7 cm³/mol. The first-order valence-electron chi connectivity index (χ1n) is 6.97. The maximum absolute atomic E-state index is 14.0. The van der Waals surface area contributed by atoms with Gasteiger partial charge in [0.1, 0.15) is 16.6 Å². The smallest absolute Gasteiger partial charge is 0.128 e. The molecule has 1 unspecified atom stereocenters. The second kappa shape index (κ2) is 6.20. The summed E-state index contributed by atoms with van der Waals surface area (Å²) in [5, 5.41) is 5.93. The van der Waals surface area contributed by atoms with Crippen molar-refractivity contribution in [2.24, 2.45) is 0 Å². The summed E-state index contributed by atoms with van der Waals surface area (Å²) in [5.74, 6) is -0.864. The van der Waals surface area contributed by atoms with Crippen molar-refractivity contribution in [1.29, 1.82) is 0 Å². The molecular weight excluding hydrogens is 290 g/mol. The molecule has 0 spiro atoms. The molecule has 0 amide bonds. The lowest BCUT2D eigenvalue weighted by Gasteiger charge is -2.18. The number of rotatable bonds is 4. The molecule has 0 aliphatic carbocycles. The minimum atomic E-state index is -0.443. The molecule has 1 aromatic heterocycles. The fourth-order valence-electron chi connectivity index (χ4n) is 2.03. The zero-order chi connectivity index (χ0) is 15.6. The molecule has 0 saturated carbocycles. The molecule has 2 rings (SSSR count). The summed E-state index contributed by atoms with van der Waals surface area (Å²) in [6, 6.07) is 3.10. The van der Waals surface area contributed by atoms with Crippen molar-refractivity contribution in [3.05, 3.63) is 51.5 Å². The number of nitrogens with one attached hydrogen (secondary N) is 1. The highest BCUT2D eigenvalue weighted by molar-refractivity contribution is 7.09. The van der Waals surface area contributed by atoms with Gasteiger partial charge in [-0.25, -0.2) is 13.8 Å². The van der Waals surface area contributed by atoms with Gasteiger partial charge in [-0.05, 0) is 24.7 Å². The topological polar surface area (TPSA) is 24.9 Å². The van der Waals surface area contributed by atoms with Crippen LogP contribution >= 0.6 is 11.3 Å². The Morgan fingerprint density at radius 2 is 2.00 bits per heavy atom. The van der Waals surface area contributed by atoms with E-state index in [2.05, 4.69) is 31.1 Å². The largest absolute Gasteiger partial charge is 0.304 e. The monoisotopic (exact) mass is 310 g/mol. The number of halogens is 2. The third-order valence-electron chi connectivity index (χ3n) is 3.21. The summed E-state index contributed by atoms with van der Waals surface area (Å²) in [5.41, 5.74) is 1.19. The van der Waals surface area contributed by atoms with Crippen LogP contribution in [0.1, 0.15) is 50.0 Å². The van der Waals surface area contributed by atoms with Crippen molar-refractivity contribution < 1.29 is 8.78 Å². The van der Waals surface area contributed by atoms with E-state index >= 15 is 0 Å². The Morgan fingerprint density at radius 3 is 2.57 bits per heavy atom. The minimum Gasteiger partial charge on any atom is -0.304 e. The average molecular weight is 310 g/mol. The van der Waals surface area contributed by atoms with Gasteiger partial charge in [0.15, 0.2) is 0 Å². The summed E-state index contributed by atoms with van der Waals surface area (Å²) in [6.45, 7) is 8.82. The van der Waals surface area contributed by atoms with Gasteiger partial charge in [0.05, 0.1) is 11.7 Å². The Morgan fingerprint density at radius 1 is 1.29 bits per heavy atom. The fourth-order valence-corrected chi connectivity index (χ4v) is 3.17. The Kier molecular flexibility index (Phi) is 4.74. The van der Waals surface area contributed by atoms with E-state index in [1.807, 2.05) is 12.3 Å². The van der Waals surface area contributed by atoms with Crippen LogP contribution in [0.5, 0.6) is 0 Å². The van der Waals surface area contributed by atoms with E-state index in [4.69, 9.17) is 0 Å². The van der Waals surface area contributed by atoms with Gasteiger partial charge in [-0.15, -0.1) is 11.3 Å². The highest BCUT2D eigenvalue weighted by Crippen LogP contribution is 2.31. The van der Waals surface area contributed by atoms with Crippen LogP contribution in [0, 0.1) is 11.6 Å². The summed E-state index contributed by atoms with van der Waals surface area (Å²) >= 11 is 1.47. The zero-order valence-electron chi connectivity index (χ0n) is 12.7. The molecule has 2 aromatic rings. The lowest BCUT2D eigenvalue weighted by Crippen LogP contribution is -2.23. The van der Waals surface area contributed by atoms with Crippen LogP contribution in [-0.2, 0) is 5.41 Å². The predicted octanol–water partition coefficient (Wildman–Crippen LogP) is 4.42. The number of aromatic nitrogens is 1. The number of thiazole rings is 1. The van der Waals surface area contributed by atoms with Gasteiger partial charge >= 0.3 is 0 Å². The first-order chi connectivity index (χ1) is 9.82. The Balaban J connectivity index is 2.44. The van der Waals surface area contributed by atoms with Crippen LogP contribution in [0.25, 0.3) is 0 Å². The van der Waals surface area contributed by atoms with Crippen molar-refractivity contribution in [2.75, 3.05) is 6.54 Å². The van der Waals surface area contributed by atoms with E-state index in [9.17, 15) is 8.78 Å². The highest BCUT2D eigenvalue weighted by atomic mass is 32.1. The molecule has 5 heteroatoms. The normalized spacial score (nSPS) is 13.4. The average Bonchev–Trinajstić information content (AvgIpc) is 2.88. The lowest BCUT2D eigenvalue weighted by molar-refractivity contribution is 0.535. The molecule has 1 atom stereocenters. The minimum absolute atomic E-state index is 0.0635. The molecule has 0 aliphatic rings.